The predicted molar refractivity (Wildman–Crippen MR) is 86.1 cm³/mol. The van der Waals surface area contributed by atoms with Crippen LogP contribution in [0.4, 0.5) is 10.1 Å². The van der Waals surface area contributed by atoms with Crippen LogP contribution in [0, 0.1) is 0 Å². The molecule has 0 spiro atoms. The number of anilines is 1. The van der Waals surface area contributed by atoms with Gasteiger partial charge in [-0.2, -0.15) is 0 Å². The second kappa shape index (κ2) is 8.73. The molecule has 122 valence electrons. The highest BCUT2D eigenvalue weighted by atomic mass is 19.1. The van der Waals surface area contributed by atoms with Crippen LogP contribution in [0.15, 0.2) is 24.3 Å². The summed E-state index contributed by atoms with van der Waals surface area (Å²) in [6, 6.07) is 7.52. The van der Waals surface area contributed by atoms with Gasteiger partial charge in [-0.3, -0.25) is 4.79 Å². The van der Waals surface area contributed by atoms with Crippen molar-refractivity contribution < 1.29 is 13.9 Å². The largest absolute Gasteiger partial charge is 0.384 e. The molecule has 1 aliphatic rings. The molecule has 1 amide bonds. The molecule has 1 atom stereocenters. The summed E-state index contributed by atoms with van der Waals surface area (Å²) in [6.45, 7) is 3.86. The number of alkyl halides is 1. The fourth-order valence-electron chi connectivity index (χ4n) is 2.57. The van der Waals surface area contributed by atoms with Crippen LogP contribution in [0.25, 0.3) is 0 Å². The van der Waals surface area contributed by atoms with Gasteiger partial charge in [0, 0.05) is 31.9 Å². The van der Waals surface area contributed by atoms with Crippen LogP contribution in [0.3, 0.4) is 0 Å². The lowest BCUT2D eigenvalue weighted by Crippen LogP contribution is -2.38. The zero-order valence-corrected chi connectivity index (χ0v) is 13.2. The summed E-state index contributed by atoms with van der Waals surface area (Å²) < 4.78 is 18.3. The Balaban J connectivity index is 2.10. The van der Waals surface area contributed by atoms with Crippen LogP contribution in [-0.2, 0) is 4.74 Å². The maximum Gasteiger partial charge on any atom is 0.256 e. The highest BCUT2D eigenvalue weighted by Crippen LogP contribution is 2.19. The number of hydrogen-bond donors (Lipinski definition) is 1. The summed E-state index contributed by atoms with van der Waals surface area (Å²) in [5.41, 5.74) is 1.50. The van der Waals surface area contributed by atoms with Crippen LogP contribution in [-0.4, -0.2) is 49.8 Å². The third kappa shape index (κ3) is 4.44. The zero-order chi connectivity index (χ0) is 15.8. The third-order valence-corrected chi connectivity index (χ3v) is 3.81. The lowest BCUT2D eigenvalue weighted by atomic mass is 10.1. The molecule has 2 rings (SSSR count). The van der Waals surface area contributed by atoms with Crippen LogP contribution in [0.5, 0.6) is 0 Å². The Morgan fingerprint density at radius 2 is 2.27 bits per heavy atom. The van der Waals surface area contributed by atoms with Crippen LogP contribution < -0.4 is 5.32 Å². The first-order chi connectivity index (χ1) is 10.8. The highest BCUT2D eigenvalue weighted by Gasteiger charge is 2.24. The Labute approximate surface area is 131 Å². The van der Waals surface area contributed by atoms with E-state index in [9.17, 15) is 9.18 Å². The van der Waals surface area contributed by atoms with Crippen molar-refractivity contribution >= 4 is 11.6 Å². The molecule has 0 aliphatic carbocycles. The van der Waals surface area contributed by atoms with E-state index in [1.165, 1.54) is 0 Å². The lowest BCUT2D eigenvalue weighted by Gasteiger charge is -2.24. The average molecular weight is 308 g/mol. The minimum Gasteiger partial charge on any atom is -0.384 e. The van der Waals surface area contributed by atoms with E-state index in [-0.39, 0.29) is 5.91 Å². The first kappa shape index (κ1) is 16.7. The van der Waals surface area contributed by atoms with E-state index in [4.69, 9.17) is 4.74 Å². The number of hydrogen-bond acceptors (Lipinski definition) is 3. The number of carbonyl (C=O) groups is 1. The lowest BCUT2D eigenvalue weighted by molar-refractivity contribution is 0.0343. The smallest absolute Gasteiger partial charge is 0.256 e. The number of amides is 1. The minimum absolute atomic E-state index is 0.0523. The topological polar surface area (TPSA) is 41.6 Å². The van der Waals surface area contributed by atoms with Crippen LogP contribution >= 0.6 is 0 Å². The summed E-state index contributed by atoms with van der Waals surface area (Å²) in [5.74, 6) is -0.0523. The number of rotatable bonds is 6. The molecule has 5 heteroatoms. The molecule has 1 N–H and O–H groups in total. The molecule has 1 aliphatic heterocycles. The van der Waals surface area contributed by atoms with Crippen molar-refractivity contribution in [2.75, 3.05) is 38.2 Å². The van der Waals surface area contributed by atoms with E-state index < -0.39 is 12.8 Å². The van der Waals surface area contributed by atoms with Gasteiger partial charge in [-0.05, 0) is 25.0 Å². The summed E-state index contributed by atoms with van der Waals surface area (Å²) in [4.78, 5) is 14.5. The quantitative estimate of drug-likeness (QED) is 0.821. The molecule has 1 fully saturated rings. The predicted octanol–water partition coefficient (Wildman–Crippen LogP) is 3.10. The summed E-state index contributed by atoms with van der Waals surface area (Å²) in [6.07, 6.45) is 2.40. The summed E-state index contributed by atoms with van der Waals surface area (Å²) in [7, 11) is 0. The molecule has 1 aromatic rings. The van der Waals surface area contributed by atoms with Gasteiger partial charge in [0.25, 0.3) is 5.91 Å². The van der Waals surface area contributed by atoms with Crippen molar-refractivity contribution in [3.63, 3.8) is 0 Å². The Kier molecular flexibility index (Phi) is 6.65. The second-order valence-corrected chi connectivity index (χ2v) is 5.58. The fourth-order valence-corrected chi connectivity index (χ4v) is 2.57. The molecule has 1 aromatic carbocycles. The number of nitrogens with zero attached hydrogens (tertiary/aromatic N) is 1. The molecule has 1 saturated heterocycles. The van der Waals surface area contributed by atoms with Gasteiger partial charge in [0.15, 0.2) is 0 Å². The number of ether oxygens (including phenoxy) is 1. The Bertz CT molecular complexity index is 481. The van der Waals surface area contributed by atoms with Crippen molar-refractivity contribution in [3.8, 4) is 0 Å². The number of nitrogens with one attached hydrogen (secondary N) is 1. The first-order valence-corrected chi connectivity index (χ1v) is 8.06. The van der Waals surface area contributed by atoms with Gasteiger partial charge in [-0.15, -0.1) is 0 Å². The van der Waals surface area contributed by atoms with Gasteiger partial charge in [0.1, 0.15) is 12.8 Å². The molecular weight excluding hydrogens is 283 g/mol. The van der Waals surface area contributed by atoms with Gasteiger partial charge in [0.2, 0.25) is 0 Å². The minimum atomic E-state index is -0.555. The Hall–Kier alpha value is -1.62. The SMILES string of the molecule is CCCCNc1ccccc1C(=O)N1CCCOC(CF)C1. The van der Waals surface area contributed by atoms with Gasteiger partial charge in [-0.25, -0.2) is 4.39 Å². The van der Waals surface area contributed by atoms with E-state index in [2.05, 4.69) is 12.2 Å². The van der Waals surface area contributed by atoms with E-state index in [1.807, 2.05) is 24.3 Å². The molecule has 0 saturated carbocycles. The zero-order valence-electron chi connectivity index (χ0n) is 13.2. The standard InChI is InChI=1S/C17H25FN2O2/c1-2-3-9-19-16-8-5-4-7-15(16)17(21)20-10-6-11-22-14(12-18)13-20/h4-5,7-8,14,19H,2-3,6,9-13H2,1H3. The molecular formula is C17H25FN2O2. The monoisotopic (exact) mass is 308 g/mol. The van der Waals surface area contributed by atoms with Crippen molar-refractivity contribution in [1.82, 2.24) is 4.90 Å². The molecule has 0 radical (unpaired) electrons. The molecule has 0 bridgehead atoms. The highest BCUT2D eigenvalue weighted by molar-refractivity contribution is 5.99. The van der Waals surface area contributed by atoms with Gasteiger partial charge < -0.3 is 15.0 Å². The number of carbonyl (C=O) groups excluding carboxylic acids is 1. The third-order valence-electron chi connectivity index (χ3n) is 3.81. The normalized spacial score (nSPS) is 18.8. The van der Waals surface area contributed by atoms with Gasteiger partial charge in [0.05, 0.1) is 5.56 Å². The molecule has 22 heavy (non-hydrogen) atoms. The van der Waals surface area contributed by atoms with Gasteiger partial charge >= 0.3 is 0 Å². The van der Waals surface area contributed by atoms with Crippen LogP contribution in [0.1, 0.15) is 36.5 Å². The van der Waals surface area contributed by atoms with E-state index in [0.29, 0.717) is 25.3 Å². The maximum absolute atomic E-state index is 12.9. The molecule has 4 nitrogen and oxygen atoms in total. The van der Waals surface area contributed by atoms with Crippen LogP contribution in [0.2, 0.25) is 0 Å². The number of halogens is 1. The van der Waals surface area contributed by atoms with E-state index >= 15 is 0 Å². The fraction of sp³-hybridized carbons (Fsp3) is 0.588. The van der Waals surface area contributed by atoms with Crippen molar-refractivity contribution in [3.05, 3.63) is 29.8 Å². The first-order valence-electron chi connectivity index (χ1n) is 8.06. The number of unbranched alkanes of at least 4 members (excludes halogenated alkanes) is 1. The van der Waals surface area contributed by atoms with E-state index in [1.54, 1.807) is 4.90 Å². The van der Waals surface area contributed by atoms with Crippen molar-refractivity contribution in [2.24, 2.45) is 0 Å². The van der Waals surface area contributed by atoms with Gasteiger partial charge in [-0.1, -0.05) is 25.5 Å². The molecule has 1 unspecified atom stereocenters. The Morgan fingerprint density at radius 1 is 1.45 bits per heavy atom. The average Bonchev–Trinajstić information content (AvgIpc) is 2.80. The van der Waals surface area contributed by atoms with E-state index in [0.717, 1.165) is 31.5 Å². The second-order valence-electron chi connectivity index (χ2n) is 5.58. The molecule has 1 heterocycles. The van der Waals surface area contributed by atoms with Crippen molar-refractivity contribution in [2.45, 2.75) is 32.3 Å². The Morgan fingerprint density at radius 3 is 3.05 bits per heavy atom. The number of para-hydroxylation sites is 1. The summed E-state index contributed by atoms with van der Waals surface area (Å²) >= 11 is 0. The number of benzene rings is 1. The molecule has 0 aromatic heterocycles. The maximum atomic E-state index is 12.9. The summed E-state index contributed by atoms with van der Waals surface area (Å²) in [5, 5.41) is 3.32. The van der Waals surface area contributed by atoms with Crippen molar-refractivity contribution in [1.29, 1.82) is 0 Å².